The van der Waals surface area contributed by atoms with Crippen molar-refractivity contribution < 1.29 is 9.21 Å². The molecule has 0 saturated heterocycles. The predicted molar refractivity (Wildman–Crippen MR) is 51.7 cm³/mol. The van der Waals surface area contributed by atoms with E-state index in [2.05, 4.69) is 15.6 Å². The molecule has 0 saturated carbocycles. The van der Waals surface area contributed by atoms with Crippen molar-refractivity contribution in [2.75, 3.05) is 13.6 Å². The molecule has 1 unspecified atom stereocenters. The van der Waals surface area contributed by atoms with Crippen molar-refractivity contribution in [3.05, 3.63) is 17.8 Å². The van der Waals surface area contributed by atoms with Crippen molar-refractivity contribution in [1.82, 2.24) is 15.6 Å². The number of hydrogen-bond acceptors (Lipinski definition) is 4. The summed E-state index contributed by atoms with van der Waals surface area (Å²) in [7, 11) is 1.60. The van der Waals surface area contributed by atoms with Crippen LogP contribution >= 0.6 is 0 Å². The minimum Gasteiger partial charge on any atom is -0.444 e. The van der Waals surface area contributed by atoms with E-state index in [0.29, 0.717) is 5.89 Å². The van der Waals surface area contributed by atoms with Crippen LogP contribution in [0.5, 0.6) is 0 Å². The van der Waals surface area contributed by atoms with E-state index in [1.165, 1.54) is 0 Å². The quantitative estimate of drug-likeness (QED) is 0.732. The van der Waals surface area contributed by atoms with Gasteiger partial charge in [-0.2, -0.15) is 0 Å². The summed E-state index contributed by atoms with van der Waals surface area (Å²) in [6, 6.07) is -0.0546. The molecule has 0 aliphatic heterocycles. The maximum absolute atomic E-state index is 10.9. The molecule has 78 valence electrons. The first-order valence-electron chi connectivity index (χ1n) is 4.49. The second kappa shape index (κ2) is 4.76. The van der Waals surface area contributed by atoms with Gasteiger partial charge in [-0.05, 0) is 13.8 Å². The number of nitrogens with one attached hydrogen (secondary N) is 2. The maximum Gasteiger partial charge on any atom is 0.233 e. The zero-order chi connectivity index (χ0) is 10.6. The number of rotatable bonds is 4. The number of oxazole rings is 1. The third-order valence-corrected chi connectivity index (χ3v) is 1.86. The van der Waals surface area contributed by atoms with Gasteiger partial charge < -0.3 is 9.73 Å². The smallest absolute Gasteiger partial charge is 0.233 e. The van der Waals surface area contributed by atoms with Crippen LogP contribution in [0.1, 0.15) is 24.6 Å². The van der Waals surface area contributed by atoms with Gasteiger partial charge >= 0.3 is 0 Å². The summed E-state index contributed by atoms with van der Waals surface area (Å²) in [4.78, 5) is 15.0. The fourth-order valence-corrected chi connectivity index (χ4v) is 0.994. The largest absolute Gasteiger partial charge is 0.444 e. The molecule has 1 amide bonds. The van der Waals surface area contributed by atoms with Crippen molar-refractivity contribution in [3.8, 4) is 0 Å². The molecule has 5 nitrogen and oxygen atoms in total. The number of aromatic nitrogens is 1. The molecule has 5 heteroatoms. The molecule has 0 aromatic carbocycles. The fraction of sp³-hybridized carbons (Fsp3) is 0.556. The zero-order valence-corrected chi connectivity index (χ0v) is 8.63. The van der Waals surface area contributed by atoms with Crippen molar-refractivity contribution in [1.29, 1.82) is 0 Å². The summed E-state index contributed by atoms with van der Waals surface area (Å²) in [6.07, 6.45) is 1.66. The van der Waals surface area contributed by atoms with Crippen LogP contribution in [-0.4, -0.2) is 24.5 Å². The van der Waals surface area contributed by atoms with Gasteiger partial charge in [0.2, 0.25) is 11.8 Å². The topological polar surface area (TPSA) is 67.2 Å². The van der Waals surface area contributed by atoms with Crippen LogP contribution in [0.15, 0.2) is 10.6 Å². The third kappa shape index (κ3) is 2.85. The number of aryl methyl sites for hydroxylation is 1. The van der Waals surface area contributed by atoms with E-state index in [1.807, 2.05) is 13.8 Å². The fourth-order valence-electron chi connectivity index (χ4n) is 0.994. The zero-order valence-electron chi connectivity index (χ0n) is 8.63. The lowest BCUT2D eigenvalue weighted by atomic mass is 10.3. The standard InChI is InChI=1S/C9H15N3O2/c1-6-4-12-9(14-6)7(2)11-5-8(13)10-3/h4,7,11H,5H2,1-3H3,(H,10,13). The van der Waals surface area contributed by atoms with Crippen molar-refractivity contribution in [3.63, 3.8) is 0 Å². The Morgan fingerprint density at radius 3 is 2.93 bits per heavy atom. The van der Waals surface area contributed by atoms with Gasteiger partial charge in [-0.15, -0.1) is 0 Å². The highest BCUT2D eigenvalue weighted by Gasteiger charge is 2.11. The van der Waals surface area contributed by atoms with E-state index in [4.69, 9.17) is 4.42 Å². The molecule has 2 N–H and O–H groups in total. The highest BCUT2D eigenvalue weighted by molar-refractivity contribution is 5.77. The minimum atomic E-state index is -0.0554. The highest BCUT2D eigenvalue weighted by atomic mass is 16.4. The molecule has 0 spiro atoms. The van der Waals surface area contributed by atoms with Gasteiger partial charge in [0.15, 0.2) is 0 Å². The van der Waals surface area contributed by atoms with Gasteiger partial charge in [-0.1, -0.05) is 0 Å². The number of carbonyl (C=O) groups is 1. The van der Waals surface area contributed by atoms with Crippen LogP contribution in [-0.2, 0) is 4.79 Å². The van der Waals surface area contributed by atoms with Crippen molar-refractivity contribution in [2.45, 2.75) is 19.9 Å². The molecular formula is C9H15N3O2. The summed E-state index contributed by atoms with van der Waals surface area (Å²) < 4.78 is 5.31. The summed E-state index contributed by atoms with van der Waals surface area (Å²) in [5, 5.41) is 5.52. The Kier molecular flexibility index (Phi) is 3.64. The van der Waals surface area contributed by atoms with E-state index >= 15 is 0 Å². The molecule has 0 bridgehead atoms. The van der Waals surface area contributed by atoms with Crippen LogP contribution < -0.4 is 10.6 Å². The van der Waals surface area contributed by atoms with Gasteiger partial charge in [-0.3, -0.25) is 10.1 Å². The Morgan fingerprint density at radius 1 is 1.71 bits per heavy atom. The summed E-state index contributed by atoms with van der Waals surface area (Å²) in [6.45, 7) is 4.00. The summed E-state index contributed by atoms with van der Waals surface area (Å²) >= 11 is 0. The predicted octanol–water partition coefficient (Wildman–Crippen LogP) is 0.380. The molecule has 1 heterocycles. The maximum atomic E-state index is 10.9. The van der Waals surface area contributed by atoms with Crippen LogP contribution in [0.3, 0.4) is 0 Å². The minimum absolute atomic E-state index is 0.0546. The first-order chi connectivity index (χ1) is 6.63. The van der Waals surface area contributed by atoms with E-state index in [1.54, 1.807) is 13.2 Å². The van der Waals surface area contributed by atoms with Crippen molar-refractivity contribution in [2.24, 2.45) is 0 Å². The summed E-state index contributed by atoms with van der Waals surface area (Å²) in [5.41, 5.74) is 0. The molecule has 1 rings (SSSR count). The molecular weight excluding hydrogens is 182 g/mol. The Labute approximate surface area is 82.9 Å². The first-order valence-corrected chi connectivity index (χ1v) is 4.49. The van der Waals surface area contributed by atoms with E-state index in [9.17, 15) is 4.79 Å². The lowest BCUT2D eigenvalue weighted by molar-refractivity contribution is -0.119. The lowest BCUT2D eigenvalue weighted by Crippen LogP contribution is -2.32. The molecule has 1 aromatic rings. The van der Waals surface area contributed by atoms with Crippen LogP contribution in [0, 0.1) is 6.92 Å². The molecule has 0 aliphatic rings. The number of likely N-dealkylation sites (N-methyl/N-ethyl adjacent to an activating group) is 1. The number of carbonyl (C=O) groups excluding carboxylic acids is 1. The SMILES string of the molecule is CNC(=O)CNC(C)c1ncc(C)o1. The van der Waals surface area contributed by atoms with E-state index in [-0.39, 0.29) is 18.5 Å². The van der Waals surface area contributed by atoms with Gasteiger partial charge in [-0.25, -0.2) is 4.98 Å². The van der Waals surface area contributed by atoms with E-state index < -0.39 is 0 Å². The van der Waals surface area contributed by atoms with Crippen molar-refractivity contribution >= 4 is 5.91 Å². The van der Waals surface area contributed by atoms with E-state index in [0.717, 1.165) is 5.76 Å². The lowest BCUT2D eigenvalue weighted by Gasteiger charge is -2.08. The van der Waals surface area contributed by atoms with Gasteiger partial charge in [0.1, 0.15) is 5.76 Å². The molecule has 0 radical (unpaired) electrons. The first kappa shape index (κ1) is 10.7. The molecule has 0 fully saturated rings. The average molecular weight is 197 g/mol. The highest BCUT2D eigenvalue weighted by Crippen LogP contribution is 2.10. The molecule has 1 aromatic heterocycles. The Balaban J connectivity index is 2.42. The molecule has 14 heavy (non-hydrogen) atoms. The normalized spacial score (nSPS) is 12.5. The Morgan fingerprint density at radius 2 is 2.43 bits per heavy atom. The summed E-state index contributed by atoms with van der Waals surface area (Å²) in [5.74, 6) is 1.32. The molecule has 1 atom stereocenters. The van der Waals surface area contributed by atoms with Gasteiger partial charge in [0.05, 0.1) is 18.8 Å². The van der Waals surface area contributed by atoms with Crippen LogP contribution in [0.2, 0.25) is 0 Å². The Hall–Kier alpha value is -1.36. The third-order valence-electron chi connectivity index (χ3n) is 1.86. The average Bonchev–Trinajstić information content (AvgIpc) is 2.60. The van der Waals surface area contributed by atoms with Crippen LogP contribution in [0.25, 0.3) is 0 Å². The number of nitrogens with zero attached hydrogens (tertiary/aromatic N) is 1. The number of amides is 1. The van der Waals surface area contributed by atoms with Crippen LogP contribution in [0.4, 0.5) is 0 Å². The molecule has 0 aliphatic carbocycles. The van der Waals surface area contributed by atoms with Gasteiger partial charge in [0.25, 0.3) is 0 Å². The van der Waals surface area contributed by atoms with Gasteiger partial charge in [0, 0.05) is 7.05 Å². The monoisotopic (exact) mass is 197 g/mol. The second-order valence-electron chi connectivity index (χ2n) is 3.08. The number of hydrogen-bond donors (Lipinski definition) is 2. The second-order valence-corrected chi connectivity index (χ2v) is 3.08. The Bertz CT molecular complexity index is 309.